The van der Waals surface area contributed by atoms with Gasteiger partial charge in [-0.05, 0) is 38.0 Å². The second-order valence-corrected chi connectivity index (χ2v) is 5.63. The molecule has 2 aliphatic rings. The Morgan fingerprint density at radius 1 is 1.20 bits per heavy atom. The van der Waals surface area contributed by atoms with Crippen molar-refractivity contribution in [2.45, 2.75) is 39.0 Å². The van der Waals surface area contributed by atoms with Gasteiger partial charge in [-0.1, -0.05) is 6.92 Å². The third kappa shape index (κ3) is 3.46. The standard InChI is InChI=1S/C15H22N2O3/c1-2-9-16-15(20)12-5-3-11(4-6-12)10-17-13(18)7-8-14(17)19/h7-8,11-12H,2-6,9-10H2,1H3,(H,16,20)/t11-,12-. The van der Waals surface area contributed by atoms with E-state index in [1.165, 1.54) is 17.1 Å². The molecule has 1 heterocycles. The third-order valence-corrected chi connectivity index (χ3v) is 4.11. The Kier molecular flexibility index (Phi) is 4.93. The summed E-state index contributed by atoms with van der Waals surface area (Å²) >= 11 is 0. The van der Waals surface area contributed by atoms with E-state index in [0.717, 1.165) is 38.6 Å². The zero-order valence-electron chi connectivity index (χ0n) is 11.9. The van der Waals surface area contributed by atoms with Gasteiger partial charge in [0.25, 0.3) is 11.8 Å². The number of nitrogens with one attached hydrogen (secondary N) is 1. The molecule has 0 atom stereocenters. The van der Waals surface area contributed by atoms with Crippen LogP contribution < -0.4 is 5.32 Å². The second kappa shape index (κ2) is 6.68. The summed E-state index contributed by atoms with van der Waals surface area (Å²) in [7, 11) is 0. The van der Waals surface area contributed by atoms with Crippen molar-refractivity contribution < 1.29 is 14.4 Å². The minimum atomic E-state index is -0.210. The predicted molar refractivity (Wildman–Crippen MR) is 74.6 cm³/mol. The molecule has 5 heteroatoms. The molecular weight excluding hydrogens is 256 g/mol. The average molecular weight is 278 g/mol. The fraction of sp³-hybridized carbons (Fsp3) is 0.667. The quantitative estimate of drug-likeness (QED) is 0.770. The maximum Gasteiger partial charge on any atom is 0.253 e. The summed E-state index contributed by atoms with van der Waals surface area (Å²) in [6.07, 6.45) is 7.11. The topological polar surface area (TPSA) is 66.5 Å². The van der Waals surface area contributed by atoms with E-state index < -0.39 is 0 Å². The minimum absolute atomic E-state index is 0.0981. The molecule has 2 rings (SSSR count). The van der Waals surface area contributed by atoms with Crippen LogP contribution in [-0.2, 0) is 14.4 Å². The molecule has 1 aliphatic heterocycles. The van der Waals surface area contributed by atoms with Crippen LogP contribution in [0, 0.1) is 11.8 Å². The second-order valence-electron chi connectivity index (χ2n) is 5.63. The van der Waals surface area contributed by atoms with Crippen LogP contribution in [0.25, 0.3) is 0 Å². The number of hydrogen-bond donors (Lipinski definition) is 1. The Bertz CT molecular complexity index is 405. The van der Waals surface area contributed by atoms with Gasteiger partial charge in [0.2, 0.25) is 5.91 Å². The fourth-order valence-corrected chi connectivity index (χ4v) is 2.87. The molecule has 0 unspecified atom stereocenters. The van der Waals surface area contributed by atoms with Crippen molar-refractivity contribution in [1.82, 2.24) is 10.2 Å². The number of rotatable bonds is 5. The van der Waals surface area contributed by atoms with Gasteiger partial charge in [0.15, 0.2) is 0 Å². The van der Waals surface area contributed by atoms with Crippen molar-refractivity contribution in [3.8, 4) is 0 Å². The van der Waals surface area contributed by atoms with Gasteiger partial charge in [-0.2, -0.15) is 0 Å². The Hall–Kier alpha value is -1.65. The summed E-state index contributed by atoms with van der Waals surface area (Å²) in [6, 6.07) is 0. The summed E-state index contributed by atoms with van der Waals surface area (Å²) < 4.78 is 0. The molecule has 3 amide bonds. The zero-order valence-corrected chi connectivity index (χ0v) is 11.9. The van der Waals surface area contributed by atoms with E-state index >= 15 is 0 Å². The summed E-state index contributed by atoms with van der Waals surface area (Å²) in [5.74, 6) is 0.162. The highest BCUT2D eigenvalue weighted by molar-refractivity contribution is 6.12. The molecule has 20 heavy (non-hydrogen) atoms. The molecule has 1 fully saturated rings. The lowest BCUT2D eigenvalue weighted by Gasteiger charge is -2.29. The monoisotopic (exact) mass is 278 g/mol. The molecule has 0 aromatic rings. The SMILES string of the molecule is CCCNC(=O)[C@H]1CC[C@H](CN2C(=O)C=CC2=O)CC1. The van der Waals surface area contributed by atoms with Gasteiger partial charge in [-0.15, -0.1) is 0 Å². The number of amides is 3. The summed E-state index contributed by atoms with van der Waals surface area (Å²) in [4.78, 5) is 36.2. The van der Waals surface area contributed by atoms with Crippen molar-refractivity contribution in [3.63, 3.8) is 0 Å². The van der Waals surface area contributed by atoms with Crippen LogP contribution in [0.5, 0.6) is 0 Å². The van der Waals surface area contributed by atoms with Crippen LogP contribution in [0.15, 0.2) is 12.2 Å². The van der Waals surface area contributed by atoms with Gasteiger partial charge in [-0.25, -0.2) is 0 Å². The first kappa shape index (κ1) is 14.8. The molecule has 0 aromatic carbocycles. The van der Waals surface area contributed by atoms with Crippen LogP contribution in [0.2, 0.25) is 0 Å². The molecule has 0 saturated heterocycles. The largest absolute Gasteiger partial charge is 0.356 e. The molecule has 1 saturated carbocycles. The van der Waals surface area contributed by atoms with Gasteiger partial charge in [-0.3, -0.25) is 19.3 Å². The molecule has 1 aliphatic carbocycles. The van der Waals surface area contributed by atoms with Crippen LogP contribution in [0.4, 0.5) is 0 Å². The van der Waals surface area contributed by atoms with Gasteiger partial charge in [0.05, 0.1) is 0 Å². The maximum absolute atomic E-state index is 11.9. The van der Waals surface area contributed by atoms with Crippen molar-refractivity contribution in [3.05, 3.63) is 12.2 Å². The third-order valence-electron chi connectivity index (χ3n) is 4.11. The highest BCUT2D eigenvalue weighted by atomic mass is 16.2. The van der Waals surface area contributed by atoms with Crippen LogP contribution in [0.3, 0.4) is 0 Å². The van der Waals surface area contributed by atoms with Crippen molar-refractivity contribution >= 4 is 17.7 Å². The summed E-state index contributed by atoms with van der Waals surface area (Å²) in [5, 5.41) is 2.94. The Morgan fingerprint density at radius 3 is 2.35 bits per heavy atom. The van der Waals surface area contributed by atoms with E-state index in [1.807, 2.05) is 6.92 Å². The van der Waals surface area contributed by atoms with Crippen LogP contribution >= 0.6 is 0 Å². The summed E-state index contributed by atoms with van der Waals surface area (Å²) in [5.41, 5.74) is 0. The van der Waals surface area contributed by atoms with Gasteiger partial charge in [0, 0.05) is 31.2 Å². The number of hydrogen-bond acceptors (Lipinski definition) is 3. The molecule has 110 valence electrons. The first-order valence-corrected chi connectivity index (χ1v) is 7.43. The normalized spacial score (nSPS) is 26.1. The molecule has 0 bridgehead atoms. The van der Waals surface area contributed by atoms with E-state index in [0.29, 0.717) is 12.5 Å². The lowest BCUT2D eigenvalue weighted by molar-refractivity contribution is -0.138. The minimum Gasteiger partial charge on any atom is -0.356 e. The first-order chi connectivity index (χ1) is 9.61. The molecule has 0 aromatic heterocycles. The van der Waals surface area contributed by atoms with Crippen molar-refractivity contribution in [2.24, 2.45) is 11.8 Å². The van der Waals surface area contributed by atoms with Crippen molar-refractivity contribution in [1.29, 1.82) is 0 Å². The van der Waals surface area contributed by atoms with Gasteiger partial charge in [0.1, 0.15) is 0 Å². The zero-order chi connectivity index (χ0) is 14.5. The van der Waals surface area contributed by atoms with E-state index in [2.05, 4.69) is 5.32 Å². The highest BCUT2D eigenvalue weighted by Gasteiger charge is 2.30. The van der Waals surface area contributed by atoms with E-state index in [-0.39, 0.29) is 23.6 Å². The highest BCUT2D eigenvalue weighted by Crippen LogP contribution is 2.30. The number of nitrogens with zero attached hydrogens (tertiary/aromatic N) is 1. The number of imide groups is 1. The smallest absolute Gasteiger partial charge is 0.253 e. The van der Waals surface area contributed by atoms with Crippen LogP contribution in [0.1, 0.15) is 39.0 Å². The molecule has 5 nitrogen and oxygen atoms in total. The number of carbonyl (C=O) groups excluding carboxylic acids is 3. The molecule has 0 spiro atoms. The first-order valence-electron chi connectivity index (χ1n) is 7.43. The van der Waals surface area contributed by atoms with Crippen LogP contribution in [-0.4, -0.2) is 35.7 Å². The Balaban J connectivity index is 1.76. The lowest BCUT2D eigenvalue weighted by Crippen LogP contribution is -2.38. The van der Waals surface area contributed by atoms with Gasteiger partial charge >= 0.3 is 0 Å². The van der Waals surface area contributed by atoms with E-state index in [1.54, 1.807) is 0 Å². The summed E-state index contributed by atoms with van der Waals surface area (Å²) in [6.45, 7) is 3.27. The van der Waals surface area contributed by atoms with E-state index in [4.69, 9.17) is 0 Å². The Labute approximate surface area is 119 Å². The molecule has 0 radical (unpaired) electrons. The predicted octanol–water partition coefficient (Wildman–Crippen LogP) is 1.24. The Morgan fingerprint density at radius 2 is 1.80 bits per heavy atom. The lowest BCUT2D eigenvalue weighted by atomic mass is 9.81. The number of carbonyl (C=O) groups is 3. The van der Waals surface area contributed by atoms with Crippen molar-refractivity contribution in [2.75, 3.05) is 13.1 Å². The van der Waals surface area contributed by atoms with E-state index in [9.17, 15) is 14.4 Å². The fourth-order valence-electron chi connectivity index (χ4n) is 2.87. The maximum atomic E-state index is 11.9. The molecular formula is C15H22N2O3. The van der Waals surface area contributed by atoms with Gasteiger partial charge < -0.3 is 5.32 Å². The molecule has 1 N–H and O–H groups in total. The average Bonchev–Trinajstić information content (AvgIpc) is 2.77.